The number of hydrogen-bond acceptors (Lipinski definition) is 3. The van der Waals surface area contributed by atoms with Gasteiger partial charge in [-0.1, -0.05) is 6.42 Å². The predicted octanol–water partition coefficient (Wildman–Crippen LogP) is 3.15. The molecule has 1 heterocycles. The molecule has 1 aromatic heterocycles. The summed E-state index contributed by atoms with van der Waals surface area (Å²) in [4.78, 5) is 0. The lowest BCUT2D eigenvalue weighted by Gasteiger charge is -2.34. The summed E-state index contributed by atoms with van der Waals surface area (Å²) >= 11 is 0. The number of nitrogens with one attached hydrogen (secondary N) is 1. The van der Waals surface area contributed by atoms with Crippen molar-refractivity contribution in [2.45, 2.75) is 37.9 Å². The smallest absolute Gasteiger partial charge is 0.391 e. The van der Waals surface area contributed by atoms with Gasteiger partial charge < -0.3 is 4.42 Å². The summed E-state index contributed by atoms with van der Waals surface area (Å²) in [7, 11) is 0. The van der Waals surface area contributed by atoms with Gasteiger partial charge in [-0.15, -0.1) is 0 Å². The molecule has 3 nitrogen and oxygen atoms in total. The first-order chi connectivity index (χ1) is 8.52. The quantitative estimate of drug-likeness (QED) is 0.650. The predicted molar refractivity (Wildman–Crippen MR) is 60.3 cm³/mol. The molecule has 0 aliphatic heterocycles. The van der Waals surface area contributed by atoms with Crippen molar-refractivity contribution in [2.75, 3.05) is 0 Å². The molecule has 1 aliphatic rings. The highest BCUT2D eigenvalue weighted by molar-refractivity contribution is 5.06. The van der Waals surface area contributed by atoms with Gasteiger partial charge >= 0.3 is 6.18 Å². The van der Waals surface area contributed by atoms with Crippen molar-refractivity contribution in [3.05, 3.63) is 24.2 Å². The zero-order valence-corrected chi connectivity index (χ0v) is 9.91. The van der Waals surface area contributed by atoms with Crippen LogP contribution in [0, 0.1) is 11.8 Å². The van der Waals surface area contributed by atoms with Crippen LogP contribution in [0.3, 0.4) is 0 Å². The van der Waals surface area contributed by atoms with Crippen molar-refractivity contribution in [3.8, 4) is 0 Å². The van der Waals surface area contributed by atoms with E-state index in [0.29, 0.717) is 12.2 Å². The Morgan fingerprint density at radius 2 is 2.17 bits per heavy atom. The van der Waals surface area contributed by atoms with Gasteiger partial charge in [0.15, 0.2) is 0 Å². The fourth-order valence-electron chi connectivity index (χ4n) is 2.75. The first kappa shape index (κ1) is 13.4. The Hall–Kier alpha value is -1.01. The topological polar surface area (TPSA) is 51.2 Å². The average Bonchev–Trinajstić information content (AvgIpc) is 2.83. The van der Waals surface area contributed by atoms with Crippen molar-refractivity contribution < 1.29 is 17.6 Å². The molecule has 18 heavy (non-hydrogen) atoms. The van der Waals surface area contributed by atoms with Crippen LogP contribution in [0.5, 0.6) is 0 Å². The maximum atomic E-state index is 12.7. The number of rotatable bonds is 3. The highest BCUT2D eigenvalue weighted by atomic mass is 19.4. The molecule has 0 spiro atoms. The third-order valence-electron chi connectivity index (χ3n) is 3.68. The third-order valence-corrected chi connectivity index (χ3v) is 3.68. The highest BCUT2D eigenvalue weighted by Crippen LogP contribution is 2.43. The van der Waals surface area contributed by atoms with Crippen molar-refractivity contribution in [1.29, 1.82) is 0 Å². The van der Waals surface area contributed by atoms with E-state index in [1.165, 1.54) is 6.26 Å². The Kier molecular flexibility index (Phi) is 3.97. The fourth-order valence-corrected chi connectivity index (χ4v) is 2.75. The van der Waals surface area contributed by atoms with E-state index in [0.717, 1.165) is 6.42 Å². The van der Waals surface area contributed by atoms with Crippen LogP contribution >= 0.6 is 0 Å². The van der Waals surface area contributed by atoms with Gasteiger partial charge in [-0.05, 0) is 37.3 Å². The Morgan fingerprint density at radius 3 is 2.72 bits per heavy atom. The number of alkyl halides is 3. The summed E-state index contributed by atoms with van der Waals surface area (Å²) in [5, 5.41) is 0. The zero-order chi connectivity index (χ0) is 13.2. The van der Waals surface area contributed by atoms with Crippen molar-refractivity contribution >= 4 is 0 Å². The van der Waals surface area contributed by atoms with Crippen molar-refractivity contribution in [1.82, 2.24) is 5.43 Å². The van der Waals surface area contributed by atoms with Gasteiger partial charge in [0.2, 0.25) is 0 Å². The standard InChI is InChI=1S/C12H17F3N2O/c13-12(14,15)9-4-1-3-8(7-9)11(17-16)10-5-2-6-18-10/h2,5-6,8-9,11,17H,1,3-4,7,16H2. The van der Waals surface area contributed by atoms with E-state index in [4.69, 9.17) is 10.3 Å². The summed E-state index contributed by atoms with van der Waals surface area (Å²) in [5.74, 6) is 4.70. The number of hydrazine groups is 1. The molecule has 1 saturated carbocycles. The maximum Gasteiger partial charge on any atom is 0.391 e. The van der Waals surface area contributed by atoms with Crippen LogP contribution in [0.2, 0.25) is 0 Å². The second kappa shape index (κ2) is 5.32. The van der Waals surface area contributed by atoms with Gasteiger partial charge in [-0.2, -0.15) is 13.2 Å². The van der Waals surface area contributed by atoms with E-state index in [2.05, 4.69) is 5.43 Å². The monoisotopic (exact) mass is 262 g/mol. The molecule has 0 radical (unpaired) electrons. The molecule has 102 valence electrons. The first-order valence-corrected chi connectivity index (χ1v) is 6.08. The lowest BCUT2D eigenvalue weighted by molar-refractivity contribution is -0.186. The largest absolute Gasteiger partial charge is 0.468 e. The molecule has 0 aromatic carbocycles. The number of furan rings is 1. The summed E-state index contributed by atoms with van der Waals surface area (Å²) in [6.07, 6.45) is -0.963. The van der Waals surface area contributed by atoms with Crippen molar-refractivity contribution in [2.24, 2.45) is 17.7 Å². The molecule has 0 saturated heterocycles. The molecule has 3 unspecified atom stereocenters. The van der Waals surface area contributed by atoms with Crippen LogP contribution in [-0.4, -0.2) is 6.18 Å². The number of halogens is 3. The molecule has 3 N–H and O–H groups in total. The first-order valence-electron chi connectivity index (χ1n) is 6.08. The molecule has 1 aromatic rings. The minimum absolute atomic E-state index is 0.110. The van der Waals surface area contributed by atoms with Crippen LogP contribution in [0.1, 0.15) is 37.5 Å². The minimum Gasteiger partial charge on any atom is -0.468 e. The summed E-state index contributed by atoms with van der Waals surface area (Å²) in [6.45, 7) is 0. The van der Waals surface area contributed by atoms with Gasteiger partial charge in [-0.3, -0.25) is 5.84 Å². The Bertz CT molecular complexity index is 364. The third kappa shape index (κ3) is 2.87. The summed E-state index contributed by atoms with van der Waals surface area (Å²) < 4.78 is 43.5. The summed E-state index contributed by atoms with van der Waals surface area (Å²) in [5.41, 5.74) is 2.59. The molecule has 1 fully saturated rings. The number of nitrogens with two attached hydrogens (primary N) is 1. The van der Waals surface area contributed by atoms with Crippen LogP contribution in [0.25, 0.3) is 0 Å². The Balaban J connectivity index is 2.08. The van der Waals surface area contributed by atoms with Gasteiger partial charge in [0.25, 0.3) is 0 Å². The van der Waals surface area contributed by atoms with Crippen LogP contribution < -0.4 is 11.3 Å². The van der Waals surface area contributed by atoms with Crippen molar-refractivity contribution in [3.63, 3.8) is 0 Å². The highest BCUT2D eigenvalue weighted by Gasteiger charge is 2.44. The van der Waals surface area contributed by atoms with E-state index in [-0.39, 0.29) is 24.8 Å². The zero-order valence-electron chi connectivity index (χ0n) is 9.91. The second-order valence-electron chi connectivity index (χ2n) is 4.82. The van der Waals surface area contributed by atoms with E-state index in [9.17, 15) is 13.2 Å². The second-order valence-corrected chi connectivity index (χ2v) is 4.82. The molecular formula is C12H17F3N2O. The molecule has 0 amide bonds. The SMILES string of the molecule is NNC(c1ccco1)C1CCCC(C(F)(F)F)C1. The molecule has 6 heteroatoms. The molecule has 0 bridgehead atoms. The van der Waals surface area contributed by atoms with Gasteiger partial charge in [0, 0.05) is 0 Å². The summed E-state index contributed by atoms with van der Waals surface area (Å²) in [6, 6.07) is 3.11. The van der Waals surface area contributed by atoms with Gasteiger partial charge in [0.05, 0.1) is 18.2 Å². The minimum atomic E-state index is -4.11. The van der Waals surface area contributed by atoms with E-state index in [1.54, 1.807) is 12.1 Å². The normalized spacial score (nSPS) is 27.1. The molecule has 1 aliphatic carbocycles. The van der Waals surface area contributed by atoms with Crippen LogP contribution in [0.15, 0.2) is 22.8 Å². The Labute approximate surface area is 103 Å². The maximum absolute atomic E-state index is 12.7. The lowest BCUT2D eigenvalue weighted by atomic mass is 9.77. The van der Waals surface area contributed by atoms with E-state index >= 15 is 0 Å². The molecular weight excluding hydrogens is 245 g/mol. The average molecular weight is 262 g/mol. The van der Waals surface area contributed by atoms with Gasteiger partial charge in [0.1, 0.15) is 5.76 Å². The molecule has 3 atom stereocenters. The Morgan fingerprint density at radius 1 is 1.39 bits per heavy atom. The number of hydrogen-bond donors (Lipinski definition) is 2. The lowest BCUT2D eigenvalue weighted by Crippen LogP contribution is -2.38. The van der Waals surface area contributed by atoms with E-state index < -0.39 is 12.1 Å². The fraction of sp³-hybridized carbons (Fsp3) is 0.667. The van der Waals surface area contributed by atoms with Crippen LogP contribution in [-0.2, 0) is 0 Å². The van der Waals surface area contributed by atoms with Crippen LogP contribution in [0.4, 0.5) is 13.2 Å². The van der Waals surface area contributed by atoms with E-state index in [1.807, 2.05) is 0 Å². The van der Waals surface area contributed by atoms with Gasteiger partial charge in [-0.25, -0.2) is 5.43 Å². The molecule has 2 rings (SSSR count).